The van der Waals surface area contributed by atoms with Gasteiger partial charge in [-0.15, -0.1) is 0 Å². The molecular formula is C9H4FN3S2. The van der Waals surface area contributed by atoms with Crippen molar-refractivity contribution in [3.05, 3.63) is 35.9 Å². The highest BCUT2D eigenvalue weighted by Crippen LogP contribution is 2.30. The number of benzene rings is 1. The highest BCUT2D eigenvalue weighted by molar-refractivity contribution is 8.01. The average Bonchev–Trinajstić information content (AvgIpc) is 2.74. The summed E-state index contributed by atoms with van der Waals surface area (Å²) in [5, 5.41) is 8.57. The highest BCUT2D eigenvalue weighted by atomic mass is 32.2. The van der Waals surface area contributed by atoms with Crippen LogP contribution in [0.5, 0.6) is 0 Å². The van der Waals surface area contributed by atoms with Crippen molar-refractivity contribution in [3.8, 4) is 6.07 Å². The van der Waals surface area contributed by atoms with Crippen LogP contribution in [0.15, 0.2) is 33.8 Å². The molecular weight excluding hydrogens is 233 g/mol. The molecule has 6 heteroatoms. The lowest BCUT2D eigenvalue weighted by atomic mass is 10.2. The van der Waals surface area contributed by atoms with Crippen LogP contribution >= 0.6 is 23.3 Å². The van der Waals surface area contributed by atoms with E-state index >= 15 is 0 Å². The summed E-state index contributed by atoms with van der Waals surface area (Å²) in [6.07, 6.45) is 1.43. The van der Waals surface area contributed by atoms with Gasteiger partial charge in [0.25, 0.3) is 0 Å². The maximum Gasteiger partial charge on any atom is 0.174 e. The second kappa shape index (κ2) is 4.38. The van der Waals surface area contributed by atoms with Gasteiger partial charge in [0.05, 0.1) is 16.5 Å². The number of halogens is 1. The van der Waals surface area contributed by atoms with Gasteiger partial charge in [0.15, 0.2) is 4.34 Å². The number of nitriles is 1. The van der Waals surface area contributed by atoms with Gasteiger partial charge in [-0.1, -0.05) is 11.8 Å². The minimum absolute atomic E-state index is 0.314. The lowest BCUT2D eigenvalue weighted by molar-refractivity contribution is 0.601. The Morgan fingerprint density at radius 1 is 1.47 bits per heavy atom. The lowest BCUT2D eigenvalue weighted by Gasteiger charge is -1.99. The predicted octanol–water partition coefficient (Wildman–Crippen LogP) is 2.70. The van der Waals surface area contributed by atoms with Gasteiger partial charge in [0, 0.05) is 0 Å². The molecule has 0 atom stereocenters. The van der Waals surface area contributed by atoms with Gasteiger partial charge in [-0.05, 0) is 29.7 Å². The predicted molar refractivity (Wildman–Crippen MR) is 55.1 cm³/mol. The van der Waals surface area contributed by atoms with Crippen LogP contribution in [0.25, 0.3) is 0 Å². The third-order valence-electron chi connectivity index (χ3n) is 1.60. The molecule has 0 saturated heterocycles. The quantitative estimate of drug-likeness (QED) is 0.805. The van der Waals surface area contributed by atoms with E-state index in [2.05, 4.69) is 9.36 Å². The second-order valence-electron chi connectivity index (χ2n) is 2.57. The van der Waals surface area contributed by atoms with E-state index in [1.54, 1.807) is 12.1 Å². The molecule has 74 valence electrons. The van der Waals surface area contributed by atoms with Gasteiger partial charge in [0.2, 0.25) is 0 Å². The molecule has 3 nitrogen and oxygen atoms in total. The Balaban J connectivity index is 2.27. The molecule has 0 radical (unpaired) electrons. The molecule has 0 bridgehead atoms. The molecule has 0 aliphatic heterocycles. The van der Waals surface area contributed by atoms with Crippen LogP contribution in [0, 0.1) is 17.1 Å². The van der Waals surface area contributed by atoms with Crippen molar-refractivity contribution < 1.29 is 4.39 Å². The van der Waals surface area contributed by atoms with E-state index in [9.17, 15) is 4.39 Å². The Labute approximate surface area is 93.8 Å². The van der Waals surface area contributed by atoms with Crippen LogP contribution in [0.1, 0.15) is 5.56 Å². The highest BCUT2D eigenvalue weighted by Gasteiger charge is 2.07. The van der Waals surface area contributed by atoms with Gasteiger partial charge in [-0.2, -0.15) is 9.64 Å². The smallest absolute Gasteiger partial charge is 0.174 e. The van der Waals surface area contributed by atoms with Crippen LogP contribution in [0.3, 0.4) is 0 Å². The zero-order chi connectivity index (χ0) is 10.7. The van der Waals surface area contributed by atoms with E-state index < -0.39 is 5.82 Å². The number of nitrogens with zero attached hydrogens (tertiary/aromatic N) is 3. The molecule has 15 heavy (non-hydrogen) atoms. The van der Waals surface area contributed by atoms with Gasteiger partial charge in [-0.3, -0.25) is 0 Å². The number of hydrogen-bond acceptors (Lipinski definition) is 5. The largest absolute Gasteiger partial charge is 0.216 e. The van der Waals surface area contributed by atoms with Gasteiger partial charge in [0.1, 0.15) is 12.1 Å². The third-order valence-corrected chi connectivity index (χ3v) is 3.37. The number of aromatic nitrogens is 2. The fraction of sp³-hybridized carbons (Fsp3) is 0. The summed E-state index contributed by atoms with van der Waals surface area (Å²) in [6.45, 7) is 0. The third kappa shape index (κ3) is 2.32. The van der Waals surface area contributed by atoms with Gasteiger partial charge >= 0.3 is 0 Å². The topological polar surface area (TPSA) is 49.6 Å². The minimum Gasteiger partial charge on any atom is -0.216 e. The molecule has 2 aromatic rings. The van der Waals surface area contributed by atoms with Gasteiger partial charge < -0.3 is 0 Å². The molecule has 0 N–H and O–H groups in total. The Bertz CT molecular complexity index is 505. The molecule has 0 aliphatic carbocycles. The summed E-state index contributed by atoms with van der Waals surface area (Å²) in [4.78, 5) is 4.38. The Morgan fingerprint density at radius 2 is 2.33 bits per heavy atom. The van der Waals surface area contributed by atoms with Crippen LogP contribution in [0.2, 0.25) is 0 Å². The maximum atomic E-state index is 13.4. The Morgan fingerprint density at radius 3 is 2.93 bits per heavy atom. The molecule has 0 unspecified atom stereocenters. The zero-order valence-corrected chi connectivity index (χ0v) is 8.98. The number of rotatable bonds is 2. The van der Waals surface area contributed by atoms with Crippen LogP contribution < -0.4 is 0 Å². The van der Waals surface area contributed by atoms with E-state index in [-0.39, 0.29) is 0 Å². The standard InChI is InChI=1S/C9H4FN3S2/c10-7-3-6(4-11)1-2-8(7)14-9-12-5-13-15-9/h1-3,5H. The first-order valence-electron chi connectivity index (χ1n) is 3.94. The Hall–Kier alpha value is -1.45. The van der Waals surface area contributed by atoms with Crippen LogP contribution in [0.4, 0.5) is 4.39 Å². The van der Waals surface area contributed by atoms with Crippen molar-refractivity contribution >= 4 is 23.3 Å². The SMILES string of the molecule is N#Cc1ccc(Sc2ncns2)c(F)c1. The first-order valence-corrected chi connectivity index (χ1v) is 5.53. The normalized spacial score (nSPS) is 9.87. The number of hydrogen-bond donors (Lipinski definition) is 0. The lowest BCUT2D eigenvalue weighted by Crippen LogP contribution is -1.83. The fourth-order valence-corrected chi connectivity index (χ4v) is 2.36. The molecule has 0 fully saturated rings. The van der Waals surface area contributed by atoms with Crippen molar-refractivity contribution in [1.82, 2.24) is 9.36 Å². The van der Waals surface area contributed by atoms with E-state index in [1.807, 2.05) is 6.07 Å². The van der Waals surface area contributed by atoms with Gasteiger partial charge in [-0.25, -0.2) is 9.37 Å². The second-order valence-corrected chi connectivity index (χ2v) is 4.64. The molecule has 2 rings (SSSR count). The van der Waals surface area contributed by atoms with Crippen molar-refractivity contribution in [2.75, 3.05) is 0 Å². The summed E-state index contributed by atoms with van der Waals surface area (Å²) in [7, 11) is 0. The van der Waals surface area contributed by atoms with Crippen molar-refractivity contribution in [3.63, 3.8) is 0 Å². The summed E-state index contributed by atoms with van der Waals surface area (Å²) < 4.78 is 17.9. The summed E-state index contributed by atoms with van der Waals surface area (Å²) in [5.74, 6) is -0.408. The van der Waals surface area contributed by atoms with E-state index in [0.29, 0.717) is 14.8 Å². The van der Waals surface area contributed by atoms with Crippen LogP contribution in [-0.4, -0.2) is 9.36 Å². The van der Waals surface area contributed by atoms with E-state index in [0.717, 1.165) is 0 Å². The Kier molecular flexibility index (Phi) is 2.94. The average molecular weight is 237 g/mol. The van der Waals surface area contributed by atoms with Crippen LogP contribution in [-0.2, 0) is 0 Å². The first-order chi connectivity index (χ1) is 7.29. The van der Waals surface area contributed by atoms with Crippen molar-refractivity contribution in [2.45, 2.75) is 9.24 Å². The monoisotopic (exact) mass is 237 g/mol. The minimum atomic E-state index is -0.408. The molecule has 0 spiro atoms. The summed E-state index contributed by atoms with van der Waals surface area (Å²) >= 11 is 2.41. The fourth-order valence-electron chi connectivity index (χ4n) is 0.955. The van der Waals surface area contributed by atoms with Crippen molar-refractivity contribution in [2.24, 2.45) is 0 Å². The molecule has 0 saturated carbocycles. The summed E-state index contributed by atoms with van der Waals surface area (Å²) in [5.41, 5.74) is 0.314. The zero-order valence-electron chi connectivity index (χ0n) is 7.35. The molecule has 1 heterocycles. The molecule has 0 amide bonds. The van der Waals surface area contributed by atoms with E-state index in [4.69, 9.17) is 5.26 Å². The maximum absolute atomic E-state index is 13.4. The molecule has 1 aromatic carbocycles. The summed E-state index contributed by atoms with van der Waals surface area (Å²) in [6, 6.07) is 6.24. The van der Waals surface area contributed by atoms with E-state index in [1.165, 1.54) is 35.7 Å². The van der Waals surface area contributed by atoms with Crippen molar-refractivity contribution in [1.29, 1.82) is 5.26 Å². The molecule has 1 aromatic heterocycles. The molecule has 0 aliphatic rings. The first kappa shape index (κ1) is 10.1.